The molecule has 15 heavy (non-hydrogen) atoms. The minimum Gasteiger partial charge on any atom is -0.475 e. The topological polar surface area (TPSA) is 54.4 Å². The second kappa shape index (κ2) is 4.26. The van der Waals surface area contributed by atoms with Gasteiger partial charge in [0.1, 0.15) is 0 Å². The minimum atomic E-state index is -1.37. The van der Waals surface area contributed by atoms with Crippen LogP contribution in [0.25, 0.3) is 0 Å². The lowest BCUT2D eigenvalue weighted by Crippen LogP contribution is -2.15. The van der Waals surface area contributed by atoms with Gasteiger partial charge in [-0.2, -0.15) is 0 Å². The van der Waals surface area contributed by atoms with Gasteiger partial charge in [-0.15, -0.1) is 0 Å². The van der Waals surface area contributed by atoms with Crippen molar-refractivity contribution in [3.05, 3.63) is 34.4 Å². The monoisotopic (exact) mass is 206 g/mol. The first-order chi connectivity index (χ1) is 6.91. The maximum absolute atomic E-state index is 11.1. The predicted molar refractivity (Wildman–Crippen MR) is 57.0 cm³/mol. The molecule has 0 aliphatic carbocycles. The van der Waals surface area contributed by atoms with Crippen LogP contribution in [0.5, 0.6) is 0 Å². The number of hydrogen-bond donors (Lipinski definition) is 1. The van der Waals surface area contributed by atoms with E-state index in [0.717, 1.165) is 22.3 Å². The molecule has 0 saturated carbocycles. The Bertz CT molecular complexity index is 419. The molecule has 0 saturated heterocycles. The number of carbonyl (C=O) groups excluding carboxylic acids is 1. The number of benzene rings is 1. The number of carboxylic acid groups (broad SMARTS) is 1. The van der Waals surface area contributed by atoms with Gasteiger partial charge in [0.25, 0.3) is 0 Å². The lowest BCUT2D eigenvalue weighted by molar-refractivity contribution is -0.148. The second-order valence-electron chi connectivity index (χ2n) is 3.77. The van der Waals surface area contributed by atoms with Gasteiger partial charge >= 0.3 is 5.97 Å². The number of hydrogen-bond acceptors (Lipinski definition) is 2. The Labute approximate surface area is 88.7 Å². The molecule has 0 heterocycles. The largest absolute Gasteiger partial charge is 0.475 e. The summed E-state index contributed by atoms with van der Waals surface area (Å²) in [5, 5.41) is 8.51. The third kappa shape index (κ3) is 2.65. The molecule has 3 heteroatoms. The summed E-state index contributed by atoms with van der Waals surface area (Å²) in [5.74, 6) is -2.13. The van der Waals surface area contributed by atoms with Gasteiger partial charge in [-0.25, -0.2) is 4.79 Å². The molecule has 0 radical (unpaired) electrons. The van der Waals surface area contributed by atoms with Gasteiger partial charge in [-0.3, -0.25) is 4.79 Å². The van der Waals surface area contributed by atoms with Crippen molar-refractivity contribution in [1.82, 2.24) is 0 Å². The summed E-state index contributed by atoms with van der Waals surface area (Å²) in [7, 11) is 0. The Kier molecular flexibility index (Phi) is 3.24. The molecule has 80 valence electrons. The molecule has 0 unspecified atom stereocenters. The first kappa shape index (κ1) is 11.4. The summed E-state index contributed by atoms with van der Waals surface area (Å²) in [5.41, 5.74) is 3.99. The quantitative estimate of drug-likeness (QED) is 0.767. The lowest BCUT2D eigenvalue weighted by atomic mass is 9.97. The Morgan fingerprint density at radius 2 is 1.60 bits per heavy atom. The van der Waals surface area contributed by atoms with Gasteiger partial charge in [-0.05, 0) is 43.0 Å². The molecule has 0 aliphatic rings. The van der Waals surface area contributed by atoms with E-state index < -0.39 is 11.8 Å². The fraction of sp³-hybridized carbons (Fsp3) is 0.333. The van der Waals surface area contributed by atoms with Crippen LogP contribution in [0.3, 0.4) is 0 Å². The zero-order valence-corrected chi connectivity index (χ0v) is 9.13. The maximum atomic E-state index is 11.1. The highest BCUT2D eigenvalue weighted by Gasteiger charge is 2.13. The second-order valence-corrected chi connectivity index (χ2v) is 3.77. The van der Waals surface area contributed by atoms with Crippen molar-refractivity contribution in [2.75, 3.05) is 0 Å². The van der Waals surface area contributed by atoms with Crippen LogP contribution in [-0.4, -0.2) is 16.9 Å². The predicted octanol–water partition coefficient (Wildman–Crippen LogP) is 1.81. The van der Waals surface area contributed by atoms with E-state index in [1.165, 1.54) is 0 Å². The highest BCUT2D eigenvalue weighted by Crippen LogP contribution is 2.15. The third-order valence-corrected chi connectivity index (χ3v) is 2.54. The number of Topliss-reactive ketones (excluding diaryl/α,β-unsaturated/α-hetero) is 1. The number of aliphatic carboxylic acids is 1. The Morgan fingerprint density at radius 1 is 1.07 bits per heavy atom. The van der Waals surface area contributed by atoms with Gasteiger partial charge in [0.2, 0.25) is 5.78 Å². The summed E-state index contributed by atoms with van der Waals surface area (Å²) in [4.78, 5) is 21.5. The number of carbonyl (C=O) groups is 2. The van der Waals surface area contributed by atoms with E-state index in [1.54, 1.807) is 0 Å². The number of rotatable bonds is 3. The number of ketones is 1. The molecular weight excluding hydrogens is 192 g/mol. The van der Waals surface area contributed by atoms with E-state index in [4.69, 9.17) is 5.11 Å². The molecule has 1 aromatic rings. The molecular formula is C12H14O3. The van der Waals surface area contributed by atoms with Crippen LogP contribution in [0.2, 0.25) is 0 Å². The molecule has 0 aromatic heterocycles. The molecule has 3 nitrogen and oxygen atoms in total. The van der Waals surface area contributed by atoms with Crippen molar-refractivity contribution in [1.29, 1.82) is 0 Å². The molecule has 0 fully saturated rings. The number of carboxylic acids is 1. The minimum absolute atomic E-state index is 0.0255. The van der Waals surface area contributed by atoms with Crippen LogP contribution in [0.15, 0.2) is 12.1 Å². The molecule has 0 bridgehead atoms. The van der Waals surface area contributed by atoms with Crippen LogP contribution >= 0.6 is 0 Å². The van der Waals surface area contributed by atoms with Gasteiger partial charge in [0.05, 0.1) is 0 Å². The van der Waals surface area contributed by atoms with E-state index in [-0.39, 0.29) is 6.42 Å². The summed E-state index contributed by atoms with van der Waals surface area (Å²) in [6.45, 7) is 5.82. The van der Waals surface area contributed by atoms with Crippen LogP contribution in [-0.2, 0) is 16.0 Å². The molecule has 0 spiro atoms. The zero-order chi connectivity index (χ0) is 11.6. The summed E-state index contributed by atoms with van der Waals surface area (Å²) in [6.07, 6.45) is -0.0255. The van der Waals surface area contributed by atoms with Gasteiger partial charge in [0, 0.05) is 6.42 Å². The zero-order valence-electron chi connectivity index (χ0n) is 9.13. The van der Waals surface area contributed by atoms with Crippen molar-refractivity contribution in [2.24, 2.45) is 0 Å². The summed E-state index contributed by atoms with van der Waals surface area (Å²) >= 11 is 0. The molecule has 0 atom stereocenters. The van der Waals surface area contributed by atoms with E-state index in [2.05, 4.69) is 0 Å². The van der Waals surface area contributed by atoms with Crippen LogP contribution in [0, 0.1) is 20.8 Å². The first-order valence-corrected chi connectivity index (χ1v) is 4.74. The van der Waals surface area contributed by atoms with Crippen molar-refractivity contribution < 1.29 is 14.7 Å². The third-order valence-electron chi connectivity index (χ3n) is 2.54. The van der Waals surface area contributed by atoms with Crippen LogP contribution in [0.4, 0.5) is 0 Å². The van der Waals surface area contributed by atoms with E-state index in [1.807, 2.05) is 32.9 Å². The normalized spacial score (nSPS) is 10.1. The summed E-state index contributed by atoms with van der Waals surface area (Å²) < 4.78 is 0. The summed E-state index contributed by atoms with van der Waals surface area (Å²) in [6, 6.07) is 3.85. The molecule has 0 amide bonds. The molecule has 1 rings (SSSR count). The van der Waals surface area contributed by atoms with E-state index >= 15 is 0 Å². The highest BCUT2D eigenvalue weighted by atomic mass is 16.4. The Morgan fingerprint density at radius 3 is 2.13 bits per heavy atom. The Balaban J connectivity index is 3.01. The van der Waals surface area contributed by atoms with Crippen molar-refractivity contribution >= 4 is 11.8 Å². The lowest BCUT2D eigenvalue weighted by Gasteiger charge is -2.07. The van der Waals surface area contributed by atoms with E-state index in [9.17, 15) is 9.59 Å². The SMILES string of the molecule is Cc1cc(C)c(CC(=O)C(=O)O)cc1C. The van der Waals surface area contributed by atoms with Crippen molar-refractivity contribution in [2.45, 2.75) is 27.2 Å². The van der Waals surface area contributed by atoms with Crippen molar-refractivity contribution in [3.8, 4) is 0 Å². The highest BCUT2D eigenvalue weighted by molar-refractivity contribution is 6.33. The average molecular weight is 206 g/mol. The van der Waals surface area contributed by atoms with Crippen LogP contribution < -0.4 is 0 Å². The smallest absolute Gasteiger partial charge is 0.372 e. The number of aryl methyl sites for hydroxylation is 3. The Hall–Kier alpha value is -1.64. The fourth-order valence-corrected chi connectivity index (χ4v) is 1.46. The van der Waals surface area contributed by atoms with Crippen molar-refractivity contribution in [3.63, 3.8) is 0 Å². The molecule has 1 aromatic carbocycles. The van der Waals surface area contributed by atoms with Gasteiger partial charge < -0.3 is 5.11 Å². The average Bonchev–Trinajstić information content (AvgIpc) is 2.13. The van der Waals surface area contributed by atoms with Gasteiger partial charge in [-0.1, -0.05) is 12.1 Å². The standard InChI is InChI=1S/C12H14O3/c1-7-4-9(3)10(5-8(7)2)6-11(13)12(14)15/h4-5H,6H2,1-3H3,(H,14,15). The maximum Gasteiger partial charge on any atom is 0.372 e. The van der Waals surface area contributed by atoms with Crippen LogP contribution in [0.1, 0.15) is 22.3 Å². The first-order valence-electron chi connectivity index (χ1n) is 4.74. The molecule has 0 aliphatic heterocycles. The molecule has 1 N–H and O–H groups in total. The van der Waals surface area contributed by atoms with E-state index in [0.29, 0.717) is 0 Å². The van der Waals surface area contributed by atoms with Gasteiger partial charge in [0.15, 0.2) is 0 Å². The fourth-order valence-electron chi connectivity index (χ4n) is 1.46.